The molecule has 0 aromatic heterocycles. The molecule has 0 spiro atoms. The predicted molar refractivity (Wildman–Crippen MR) is 136 cm³/mol. The Morgan fingerprint density at radius 3 is 2.26 bits per heavy atom. The first-order valence-corrected chi connectivity index (χ1v) is 15.9. The lowest BCUT2D eigenvalue weighted by Crippen LogP contribution is -2.57. The quantitative estimate of drug-likeness (QED) is 0.236. The van der Waals surface area contributed by atoms with Crippen LogP contribution in [0.3, 0.4) is 0 Å². The largest absolute Gasteiger partial charge is 0.411 e. The van der Waals surface area contributed by atoms with Gasteiger partial charge in [0.2, 0.25) is 0 Å². The summed E-state index contributed by atoms with van der Waals surface area (Å²) in [6.07, 6.45) is 2.60. The van der Waals surface area contributed by atoms with E-state index < -0.39 is 45.3 Å². The third kappa shape index (κ3) is 8.37. The van der Waals surface area contributed by atoms with Crippen molar-refractivity contribution in [3.05, 3.63) is 12.7 Å². The summed E-state index contributed by atoms with van der Waals surface area (Å²) < 4.78 is 31.5. The van der Waals surface area contributed by atoms with E-state index in [4.69, 9.17) is 23.4 Å². The molecule has 2 rings (SSSR count). The summed E-state index contributed by atoms with van der Waals surface area (Å²) in [6, 6.07) is 0. The molecule has 0 aromatic rings. The number of rotatable bonds is 11. The smallest absolute Gasteiger partial charge is 0.192 e. The van der Waals surface area contributed by atoms with E-state index in [1.54, 1.807) is 6.92 Å². The average Bonchev–Trinajstić information content (AvgIpc) is 2.71. The lowest BCUT2D eigenvalue weighted by molar-refractivity contribution is -0.336. The lowest BCUT2D eigenvalue weighted by Gasteiger charge is -2.47. The second-order valence-corrected chi connectivity index (χ2v) is 16.4. The van der Waals surface area contributed by atoms with Gasteiger partial charge in [-0.25, -0.2) is 0 Å². The number of ether oxygens (including phenoxy) is 4. The number of hydrogen-bond acceptors (Lipinski definition) is 7. The third-order valence-electron chi connectivity index (χ3n) is 7.52. The standard InChI is InChI=1S/C26H50O7Si/c1-10-11-12-13-14-17(2)29-25-23(32-24-21(28)15-20(27)18(3)30-24)16-22(19(4)31-25)33-34(8,9)26(5,6)7/h10,17-25,27-28H,1,11-16H2,2-9H3/t17-,18+,19+,20-,21-,22-,23-,24+,25-/m1/s1. The number of unbranched alkanes of at least 4 members (excludes halogenated alkanes) is 2. The van der Waals surface area contributed by atoms with Gasteiger partial charge in [0.25, 0.3) is 0 Å². The average molecular weight is 503 g/mol. The van der Waals surface area contributed by atoms with E-state index >= 15 is 0 Å². The normalized spacial score (nSPS) is 36.3. The van der Waals surface area contributed by atoms with Crippen molar-refractivity contribution in [3.8, 4) is 0 Å². The summed E-state index contributed by atoms with van der Waals surface area (Å²) in [4.78, 5) is 0. The zero-order valence-electron chi connectivity index (χ0n) is 22.7. The molecule has 2 saturated heterocycles. The SMILES string of the molecule is C=CCCCC[C@@H](C)O[C@@H]1O[C@@H](C)[C@H](O[Si](C)(C)C(C)(C)C)C[C@H]1O[C@@H]1O[C@@H](C)[C@H](O)C[C@H]1O. The topological polar surface area (TPSA) is 86.6 Å². The maximum Gasteiger partial charge on any atom is 0.192 e. The van der Waals surface area contributed by atoms with Gasteiger partial charge in [-0.05, 0) is 58.2 Å². The molecule has 0 radical (unpaired) electrons. The molecule has 2 aliphatic rings. The highest BCUT2D eigenvalue weighted by Crippen LogP contribution is 2.40. The third-order valence-corrected chi connectivity index (χ3v) is 12.0. The van der Waals surface area contributed by atoms with Gasteiger partial charge in [0, 0.05) is 12.8 Å². The molecular formula is C26H50O7Si. The van der Waals surface area contributed by atoms with Gasteiger partial charge >= 0.3 is 0 Å². The van der Waals surface area contributed by atoms with Crippen molar-refractivity contribution in [3.63, 3.8) is 0 Å². The van der Waals surface area contributed by atoms with Gasteiger partial charge in [-0.2, -0.15) is 0 Å². The molecule has 0 amide bonds. The van der Waals surface area contributed by atoms with Crippen LogP contribution in [0.1, 0.15) is 80.1 Å². The Bertz CT molecular complexity index is 623. The fraction of sp³-hybridized carbons (Fsp3) is 0.923. The van der Waals surface area contributed by atoms with Crippen LogP contribution in [-0.4, -0.2) is 73.8 Å². The van der Waals surface area contributed by atoms with Crippen molar-refractivity contribution in [1.29, 1.82) is 0 Å². The number of hydrogen-bond donors (Lipinski definition) is 2. The second-order valence-electron chi connectivity index (χ2n) is 11.6. The Labute approximate surface area is 208 Å². The van der Waals surface area contributed by atoms with E-state index in [9.17, 15) is 10.2 Å². The van der Waals surface area contributed by atoms with Crippen molar-refractivity contribution in [2.75, 3.05) is 0 Å². The van der Waals surface area contributed by atoms with Crippen LogP contribution >= 0.6 is 0 Å². The van der Waals surface area contributed by atoms with Crippen LogP contribution in [0.5, 0.6) is 0 Å². The Balaban J connectivity index is 2.12. The van der Waals surface area contributed by atoms with Gasteiger partial charge in [-0.15, -0.1) is 6.58 Å². The molecule has 8 heteroatoms. The molecule has 0 aromatic carbocycles. The van der Waals surface area contributed by atoms with Crippen molar-refractivity contribution in [2.24, 2.45) is 0 Å². The molecule has 2 fully saturated rings. The minimum Gasteiger partial charge on any atom is -0.411 e. The fourth-order valence-electron chi connectivity index (χ4n) is 4.11. The summed E-state index contributed by atoms with van der Waals surface area (Å²) in [5.41, 5.74) is 0. The first-order chi connectivity index (χ1) is 15.7. The zero-order chi connectivity index (χ0) is 25.7. The summed E-state index contributed by atoms with van der Waals surface area (Å²) in [5.74, 6) is 0. The minimum atomic E-state index is -2.03. The minimum absolute atomic E-state index is 0.00363. The van der Waals surface area contributed by atoms with Crippen LogP contribution in [0.4, 0.5) is 0 Å². The van der Waals surface area contributed by atoms with Crippen molar-refractivity contribution in [2.45, 2.75) is 154 Å². The van der Waals surface area contributed by atoms with E-state index in [1.807, 2.05) is 13.0 Å². The highest BCUT2D eigenvalue weighted by molar-refractivity contribution is 6.74. The van der Waals surface area contributed by atoms with Crippen molar-refractivity contribution >= 4 is 8.32 Å². The van der Waals surface area contributed by atoms with Gasteiger partial charge in [-0.3, -0.25) is 0 Å². The molecule has 2 aliphatic heterocycles. The maximum atomic E-state index is 10.5. The first-order valence-electron chi connectivity index (χ1n) is 13.0. The summed E-state index contributed by atoms with van der Waals surface area (Å²) in [5, 5.41) is 20.6. The second kappa shape index (κ2) is 12.8. The summed E-state index contributed by atoms with van der Waals surface area (Å²) in [6.45, 7) is 20.8. The van der Waals surface area contributed by atoms with E-state index in [-0.39, 0.29) is 29.8 Å². The molecule has 2 N–H and O–H groups in total. The van der Waals surface area contributed by atoms with Crippen LogP contribution < -0.4 is 0 Å². The first kappa shape index (κ1) is 29.9. The fourth-order valence-corrected chi connectivity index (χ4v) is 5.51. The van der Waals surface area contributed by atoms with Crippen LogP contribution in [0, 0.1) is 0 Å². The van der Waals surface area contributed by atoms with E-state index in [0.29, 0.717) is 6.42 Å². The van der Waals surface area contributed by atoms with Gasteiger partial charge in [0.1, 0.15) is 12.2 Å². The number of allylic oxidation sites excluding steroid dienone is 1. The molecule has 7 nitrogen and oxygen atoms in total. The van der Waals surface area contributed by atoms with Crippen LogP contribution in [-0.2, 0) is 23.4 Å². The Morgan fingerprint density at radius 2 is 1.65 bits per heavy atom. The molecule has 0 aliphatic carbocycles. The van der Waals surface area contributed by atoms with Crippen molar-refractivity contribution < 1.29 is 33.6 Å². The molecule has 0 unspecified atom stereocenters. The monoisotopic (exact) mass is 502 g/mol. The molecule has 200 valence electrons. The summed E-state index contributed by atoms with van der Waals surface area (Å²) >= 11 is 0. The van der Waals surface area contributed by atoms with E-state index in [0.717, 1.165) is 25.7 Å². The van der Waals surface area contributed by atoms with Gasteiger partial charge in [-0.1, -0.05) is 33.3 Å². The molecule has 0 bridgehead atoms. The summed E-state index contributed by atoms with van der Waals surface area (Å²) in [7, 11) is -2.03. The van der Waals surface area contributed by atoms with Crippen LogP contribution in [0.15, 0.2) is 12.7 Å². The zero-order valence-corrected chi connectivity index (χ0v) is 23.7. The lowest BCUT2D eigenvalue weighted by atomic mass is 10.0. The van der Waals surface area contributed by atoms with Crippen LogP contribution in [0.2, 0.25) is 18.1 Å². The molecule has 34 heavy (non-hydrogen) atoms. The Morgan fingerprint density at radius 1 is 1.00 bits per heavy atom. The van der Waals surface area contributed by atoms with Gasteiger partial charge in [0.15, 0.2) is 20.9 Å². The molecule has 9 atom stereocenters. The van der Waals surface area contributed by atoms with E-state index in [2.05, 4.69) is 47.4 Å². The molecular weight excluding hydrogens is 452 g/mol. The highest BCUT2D eigenvalue weighted by Gasteiger charge is 2.47. The Kier molecular flexibility index (Phi) is 11.2. The van der Waals surface area contributed by atoms with Crippen LogP contribution in [0.25, 0.3) is 0 Å². The number of aliphatic hydroxyl groups is 2. The molecule has 0 saturated carbocycles. The van der Waals surface area contributed by atoms with Crippen molar-refractivity contribution in [1.82, 2.24) is 0 Å². The number of aliphatic hydroxyl groups excluding tert-OH is 2. The molecule has 2 heterocycles. The highest BCUT2D eigenvalue weighted by atomic mass is 28.4. The Hall–Kier alpha value is -0.323. The van der Waals surface area contributed by atoms with Gasteiger partial charge in [0.05, 0.1) is 30.5 Å². The maximum absolute atomic E-state index is 10.5. The predicted octanol–water partition coefficient (Wildman–Crippen LogP) is 4.91. The van der Waals surface area contributed by atoms with E-state index in [1.165, 1.54) is 0 Å². The van der Waals surface area contributed by atoms with Gasteiger partial charge < -0.3 is 33.6 Å².